The smallest absolute Gasteiger partial charge is 0.343 e. The summed E-state index contributed by atoms with van der Waals surface area (Å²) in [7, 11) is 5.87. The summed E-state index contributed by atoms with van der Waals surface area (Å²) in [5, 5.41) is 4.07. The van der Waals surface area contributed by atoms with Crippen LogP contribution < -0.4 is 29.1 Å². The Morgan fingerprint density at radius 1 is 0.838 bits per heavy atom. The minimum Gasteiger partial charge on any atom is -0.493 e. The van der Waals surface area contributed by atoms with Gasteiger partial charge in [0.05, 0.1) is 40.2 Å². The lowest BCUT2D eigenvalue weighted by atomic mass is 10.1. The minimum atomic E-state index is -0.636. The number of methoxy groups -OCH3 is 4. The van der Waals surface area contributed by atoms with Gasteiger partial charge in [0.25, 0.3) is 0 Å². The highest BCUT2D eigenvalue weighted by Gasteiger charge is 2.43. The van der Waals surface area contributed by atoms with Crippen molar-refractivity contribution in [3.05, 3.63) is 77.4 Å². The van der Waals surface area contributed by atoms with E-state index in [-0.39, 0.29) is 29.1 Å². The van der Waals surface area contributed by atoms with Crippen molar-refractivity contribution in [2.24, 2.45) is 11.0 Å². The van der Waals surface area contributed by atoms with E-state index in [1.165, 1.54) is 46.8 Å². The molecule has 2 atom stereocenters. The summed E-state index contributed by atoms with van der Waals surface area (Å²) in [6.07, 6.45) is 2.32. The van der Waals surface area contributed by atoms with Gasteiger partial charge in [0.2, 0.25) is 11.7 Å². The van der Waals surface area contributed by atoms with E-state index in [4.69, 9.17) is 23.7 Å². The second-order valence-corrected chi connectivity index (χ2v) is 8.31. The molecule has 0 spiro atoms. The van der Waals surface area contributed by atoms with Crippen molar-refractivity contribution in [3.8, 4) is 28.7 Å². The third kappa shape index (κ3) is 5.83. The Bertz CT molecular complexity index is 1280. The van der Waals surface area contributed by atoms with E-state index in [2.05, 4.69) is 10.5 Å². The Morgan fingerprint density at radius 3 is 2.14 bits per heavy atom. The maximum Gasteiger partial charge on any atom is 0.343 e. The Morgan fingerprint density at radius 2 is 1.51 bits per heavy atom. The molecular weight excluding hydrogens is 476 g/mol. The Labute approximate surface area is 214 Å². The van der Waals surface area contributed by atoms with Gasteiger partial charge in [-0.25, -0.2) is 10.2 Å². The van der Waals surface area contributed by atoms with E-state index in [0.717, 1.165) is 12.0 Å². The molecule has 0 radical (unpaired) electrons. The molecule has 37 heavy (non-hydrogen) atoms. The second-order valence-electron chi connectivity index (χ2n) is 8.31. The molecule has 0 saturated heterocycles. The first-order valence-corrected chi connectivity index (χ1v) is 11.6. The fourth-order valence-electron chi connectivity index (χ4n) is 4.01. The lowest BCUT2D eigenvalue weighted by Gasteiger charge is -2.14. The van der Waals surface area contributed by atoms with E-state index in [1.807, 2.05) is 30.3 Å². The number of carbonyl (C=O) groups is 2. The highest BCUT2D eigenvalue weighted by molar-refractivity contribution is 5.93. The van der Waals surface area contributed by atoms with Gasteiger partial charge in [-0.15, -0.1) is 0 Å². The van der Waals surface area contributed by atoms with E-state index in [1.54, 1.807) is 18.2 Å². The fraction of sp³-hybridized carbons (Fsp3) is 0.250. The summed E-state index contributed by atoms with van der Waals surface area (Å²) < 4.78 is 26.8. The number of rotatable bonds is 10. The highest BCUT2D eigenvalue weighted by atomic mass is 16.6. The van der Waals surface area contributed by atoms with Gasteiger partial charge in [0.15, 0.2) is 23.0 Å². The summed E-state index contributed by atoms with van der Waals surface area (Å²) in [6, 6.07) is 17.9. The average molecular weight is 505 g/mol. The number of esters is 1. The number of benzene rings is 3. The zero-order chi connectivity index (χ0) is 26.4. The molecule has 3 aromatic rings. The van der Waals surface area contributed by atoms with Crippen LogP contribution in [0.2, 0.25) is 0 Å². The Balaban J connectivity index is 1.40. The molecule has 0 aromatic heterocycles. The van der Waals surface area contributed by atoms with Gasteiger partial charge in [-0.3, -0.25) is 4.79 Å². The van der Waals surface area contributed by atoms with Gasteiger partial charge < -0.3 is 23.7 Å². The lowest BCUT2D eigenvalue weighted by Crippen LogP contribution is -2.20. The van der Waals surface area contributed by atoms with Crippen molar-refractivity contribution < 1.29 is 33.3 Å². The van der Waals surface area contributed by atoms with Crippen LogP contribution in [0.5, 0.6) is 28.7 Å². The molecule has 1 saturated carbocycles. The molecule has 192 valence electrons. The van der Waals surface area contributed by atoms with Crippen LogP contribution in [0.4, 0.5) is 0 Å². The van der Waals surface area contributed by atoms with Crippen LogP contribution in [0.3, 0.4) is 0 Å². The summed E-state index contributed by atoms with van der Waals surface area (Å²) in [5.74, 6) is 0.964. The molecule has 1 aliphatic carbocycles. The van der Waals surface area contributed by atoms with Crippen molar-refractivity contribution in [1.29, 1.82) is 0 Å². The number of ether oxygens (including phenoxy) is 5. The Hall–Kier alpha value is -4.53. The molecule has 1 amide bonds. The molecule has 1 N–H and O–H groups in total. The van der Waals surface area contributed by atoms with Gasteiger partial charge in [-0.1, -0.05) is 30.3 Å². The number of hydrazone groups is 1. The number of nitrogens with zero attached hydrogens (tertiary/aromatic N) is 1. The molecule has 0 aliphatic heterocycles. The predicted octanol–water partition coefficient (Wildman–Crippen LogP) is 4.19. The number of hydrogen-bond donors (Lipinski definition) is 1. The third-order valence-electron chi connectivity index (χ3n) is 6.03. The van der Waals surface area contributed by atoms with E-state index in [0.29, 0.717) is 28.6 Å². The SMILES string of the molecule is COc1cc(C=NNC(=O)C2CC2c2ccccc2)ccc1OC(=O)c1cc(OC)c(OC)c(OC)c1. The fourth-order valence-corrected chi connectivity index (χ4v) is 4.01. The van der Waals surface area contributed by atoms with Crippen LogP contribution >= 0.6 is 0 Å². The van der Waals surface area contributed by atoms with Gasteiger partial charge in [-0.2, -0.15) is 5.10 Å². The van der Waals surface area contributed by atoms with Crippen molar-refractivity contribution in [2.75, 3.05) is 28.4 Å². The van der Waals surface area contributed by atoms with E-state index < -0.39 is 5.97 Å². The molecule has 4 rings (SSSR count). The summed E-state index contributed by atoms with van der Waals surface area (Å²) in [4.78, 5) is 25.3. The number of hydrogen-bond acceptors (Lipinski definition) is 8. The quantitative estimate of drug-likeness (QED) is 0.191. The Kier molecular flexibility index (Phi) is 7.92. The molecule has 1 fully saturated rings. The molecule has 2 unspecified atom stereocenters. The normalized spacial score (nSPS) is 16.1. The molecule has 0 bridgehead atoms. The van der Waals surface area contributed by atoms with Crippen molar-refractivity contribution in [1.82, 2.24) is 5.43 Å². The van der Waals surface area contributed by atoms with Crippen molar-refractivity contribution in [3.63, 3.8) is 0 Å². The zero-order valence-electron chi connectivity index (χ0n) is 21.0. The summed E-state index contributed by atoms with van der Waals surface area (Å²) >= 11 is 0. The third-order valence-corrected chi connectivity index (χ3v) is 6.03. The van der Waals surface area contributed by atoms with Gasteiger partial charge >= 0.3 is 5.97 Å². The monoisotopic (exact) mass is 504 g/mol. The highest BCUT2D eigenvalue weighted by Crippen LogP contribution is 2.47. The molecule has 1 aliphatic rings. The summed E-state index contributed by atoms with van der Waals surface area (Å²) in [6.45, 7) is 0. The van der Waals surface area contributed by atoms with Crippen molar-refractivity contribution in [2.45, 2.75) is 12.3 Å². The van der Waals surface area contributed by atoms with E-state index >= 15 is 0 Å². The van der Waals surface area contributed by atoms with Gasteiger partial charge in [0, 0.05) is 5.92 Å². The molecule has 3 aromatic carbocycles. The molecular formula is C28H28N2O7. The second kappa shape index (κ2) is 11.5. The summed E-state index contributed by atoms with van der Waals surface area (Å²) in [5.41, 5.74) is 4.62. The zero-order valence-corrected chi connectivity index (χ0v) is 21.0. The standard InChI is InChI=1S/C28H28N2O7/c1-33-23-12-17(16-29-30-27(31)21-15-20(21)18-8-6-5-7-9-18)10-11-22(23)37-28(32)19-13-24(34-2)26(36-4)25(14-19)35-3/h5-14,16,20-21H,15H2,1-4H3,(H,30,31). The maximum absolute atomic E-state index is 12.8. The van der Waals surface area contributed by atoms with Gasteiger partial charge in [0.1, 0.15) is 0 Å². The van der Waals surface area contributed by atoms with Gasteiger partial charge in [-0.05, 0) is 53.8 Å². The van der Waals surface area contributed by atoms with E-state index in [9.17, 15) is 9.59 Å². The van der Waals surface area contributed by atoms with Crippen molar-refractivity contribution >= 4 is 18.1 Å². The number of nitrogens with one attached hydrogen (secondary N) is 1. The van der Waals surface area contributed by atoms with Crippen LogP contribution in [-0.4, -0.2) is 46.5 Å². The largest absolute Gasteiger partial charge is 0.493 e. The first kappa shape index (κ1) is 25.6. The number of carbonyl (C=O) groups excluding carboxylic acids is 2. The topological polar surface area (TPSA) is 105 Å². The minimum absolute atomic E-state index is 0.0777. The average Bonchev–Trinajstić information content (AvgIpc) is 3.74. The van der Waals surface area contributed by atoms with Crippen LogP contribution in [-0.2, 0) is 4.79 Å². The lowest BCUT2D eigenvalue weighted by molar-refractivity contribution is -0.122. The van der Waals surface area contributed by atoms with Crippen LogP contribution in [0, 0.1) is 5.92 Å². The predicted molar refractivity (Wildman–Crippen MR) is 137 cm³/mol. The number of amides is 1. The molecule has 9 nitrogen and oxygen atoms in total. The first-order chi connectivity index (χ1) is 18.0. The molecule has 0 heterocycles. The van der Waals surface area contributed by atoms with Crippen LogP contribution in [0.15, 0.2) is 65.8 Å². The van der Waals surface area contributed by atoms with Crippen LogP contribution in [0.25, 0.3) is 0 Å². The first-order valence-electron chi connectivity index (χ1n) is 11.6. The maximum atomic E-state index is 12.8. The van der Waals surface area contributed by atoms with Crippen LogP contribution in [0.1, 0.15) is 33.8 Å². The molecule has 9 heteroatoms.